The first kappa shape index (κ1) is 31.6. The number of rotatable bonds is 13. The highest BCUT2D eigenvalue weighted by Gasteiger charge is 2.47. The van der Waals surface area contributed by atoms with Crippen molar-refractivity contribution < 1.29 is 13.9 Å². The van der Waals surface area contributed by atoms with Gasteiger partial charge < -0.3 is 13.9 Å². The number of benzene rings is 3. The Hall–Kier alpha value is -2.80. The number of hydrogen-bond acceptors (Lipinski definition) is 5. The van der Waals surface area contributed by atoms with Gasteiger partial charge >= 0.3 is 0 Å². The fraction of sp³-hybridized carbons (Fsp3) is 0.459. The van der Waals surface area contributed by atoms with E-state index in [2.05, 4.69) is 113 Å². The van der Waals surface area contributed by atoms with E-state index in [9.17, 15) is 0 Å². The third-order valence-corrected chi connectivity index (χ3v) is 16.6. The summed E-state index contributed by atoms with van der Waals surface area (Å²) in [5.74, 6) is 2.62. The third kappa shape index (κ3) is 6.82. The number of ether oxygens (including phenoxy) is 2. The average molecular weight is 616 g/mol. The Morgan fingerprint density at radius 1 is 0.814 bits per heavy atom. The average Bonchev–Trinajstić information content (AvgIpc) is 3.64. The Morgan fingerprint density at radius 2 is 1.49 bits per heavy atom. The molecule has 2 heterocycles. The topological polar surface area (TPSA) is 30.9 Å². The monoisotopic (exact) mass is 615 g/mol. The second-order valence-electron chi connectivity index (χ2n) is 12.9. The van der Waals surface area contributed by atoms with Crippen LogP contribution in [0.2, 0.25) is 16.6 Å². The van der Waals surface area contributed by atoms with Gasteiger partial charge in [-0.1, -0.05) is 65.8 Å². The molecule has 5 rings (SSSR count). The number of nitrogens with zero attached hydrogens (tertiary/aromatic N) is 1. The van der Waals surface area contributed by atoms with Crippen molar-refractivity contribution in [1.82, 2.24) is 4.90 Å². The van der Waals surface area contributed by atoms with Crippen LogP contribution in [0.4, 0.5) is 0 Å². The van der Waals surface area contributed by atoms with E-state index in [1.54, 1.807) is 7.11 Å². The lowest BCUT2D eigenvalue weighted by Gasteiger charge is -2.42. The van der Waals surface area contributed by atoms with E-state index in [1.807, 2.05) is 11.3 Å². The first-order chi connectivity index (χ1) is 20.7. The van der Waals surface area contributed by atoms with Crippen LogP contribution in [-0.4, -0.2) is 46.6 Å². The van der Waals surface area contributed by atoms with E-state index in [0.717, 1.165) is 30.2 Å². The molecule has 1 fully saturated rings. The zero-order chi connectivity index (χ0) is 30.6. The van der Waals surface area contributed by atoms with Gasteiger partial charge in [0.25, 0.3) is 8.32 Å². The summed E-state index contributed by atoms with van der Waals surface area (Å²) in [5.41, 5.74) is 5.44. The van der Waals surface area contributed by atoms with Crippen LogP contribution in [0.5, 0.6) is 17.2 Å². The summed E-state index contributed by atoms with van der Waals surface area (Å²) in [5, 5.41) is 1.32. The zero-order valence-corrected chi connectivity index (χ0v) is 28.9. The van der Waals surface area contributed by atoms with E-state index in [1.165, 1.54) is 57.6 Å². The van der Waals surface area contributed by atoms with E-state index < -0.39 is 8.32 Å². The van der Waals surface area contributed by atoms with Crippen molar-refractivity contribution in [1.29, 1.82) is 0 Å². The van der Waals surface area contributed by atoms with Crippen molar-refractivity contribution in [2.75, 3.05) is 33.4 Å². The minimum Gasteiger partial charge on any atom is -0.543 e. The molecule has 0 saturated carbocycles. The summed E-state index contributed by atoms with van der Waals surface area (Å²) in [7, 11) is -0.272. The predicted octanol–water partition coefficient (Wildman–Crippen LogP) is 10.2. The molecular formula is C37H49NO3SSi. The second kappa shape index (κ2) is 13.9. The molecule has 0 spiro atoms. The van der Waals surface area contributed by atoms with Crippen LogP contribution in [-0.2, 0) is 6.42 Å². The molecule has 1 aromatic heterocycles. The second-order valence-corrected chi connectivity index (χ2v) is 19.3. The molecule has 1 saturated heterocycles. The number of hydrogen-bond donors (Lipinski definition) is 0. The number of thiophene rings is 1. The molecule has 4 nitrogen and oxygen atoms in total. The largest absolute Gasteiger partial charge is 0.543 e. The maximum Gasteiger partial charge on any atom is 0.258 e. The third-order valence-electron chi connectivity index (χ3n) is 9.29. The van der Waals surface area contributed by atoms with Crippen LogP contribution in [0, 0.1) is 0 Å². The first-order valence-electron chi connectivity index (χ1n) is 16.0. The van der Waals surface area contributed by atoms with Crippen LogP contribution in [0.15, 0.2) is 66.7 Å². The van der Waals surface area contributed by atoms with Crippen molar-refractivity contribution in [2.24, 2.45) is 0 Å². The standard InChI is InChI=1S/C37H49NO3SSi/c1-26(2)43(27(3)4,28(5)6)41-31-17-15-30(16-18-31)37-33(32-12-8-9-13-36(32)42-37)24-29-14-19-34(35(25-29)39-7)40-23-22-38-20-10-11-21-38/h8-9,12-19,25-28H,10-11,20-24H2,1-7H3. The normalized spacial score (nSPS) is 14.4. The van der Waals surface area contributed by atoms with Gasteiger partial charge in [-0.15, -0.1) is 11.3 Å². The fourth-order valence-corrected chi connectivity index (χ4v) is 13.7. The van der Waals surface area contributed by atoms with E-state index in [0.29, 0.717) is 23.2 Å². The van der Waals surface area contributed by atoms with Crippen molar-refractivity contribution in [3.63, 3.8) is 0 Å². The molecule has 0 N–H and O–H groups in total. The molecule has 0 aliphatic carbocycles. The Balaban J connectivity index is 1.40. The van der Waals surface area contributed by atoms with Gasteiger partial charge in [0.05, 0.1) is 7.11 Å². The quantitative estimate of drug-likeness (QED) is 0.140. The molecule has 0 radical (unpaired) electrons. The predicted molar refractivity (Wildman–Crippen MR) is 186 cm³/mol. The van der Waals surface area contributed by atoms with E-state index in [4.69, 9.17) is 13.9 Å². The minimum atomic E-state index is -2.00. The van der Waals surface area contributed by atoms with Gasteiger partial charge in [-0.3, -0.25) is 4.90 Å². The van der Waals surface area contributed by atoms with Gasteiger partial charge in [-0.2, -0.15) is 0 Å². The molecule has 230 valence electrons. The maximum absolute atomic E-state index is 6.97. The Bertz CT molecular complexity index is 1470. The van der Waals surface area contributed by atoms with Crippen molar-refractivity contribution in [3.05, 3.63) is 77.9 Å². The zero-order valence-electron chi connectivity index (χ0n) is 27.1. The minimum absolute atomic E-state index is 0.542. The van der Waals surface area contributed by atoms with Gasteiger partial charge in [0.2, 0.25) is 0 Å². The molecule has 0 unspecified atom stereocenters. The van der Waals surface area contributed by atoms with Gasteiger partial charge in [-0.25, -0.2) is 0 Å². The lowest BCUT2D eigenvalue weighted by Crippen LogP contribution is -2.50. The van der Waals surface area contributed by atoms with Crippen LogP contribution < -0.4 is 13.9 Å². The summed E-state index contributed by atoms with van der Waals surface area (Å²) in [6, 6.07) is 24.1. The molecule has 4 aromatic rings. The van der Waals surface area contributed by atoms with E-state index >= 15 is 0 Å². The lowest BCUT2D eigenvalue weighted by molar-refractivity contribution is 0.230. The molecule has 0 amide bonds. The molecule has 43 heavy (non-hydrogen) atoms. The lowest BCUT2D eigenvalue weighted by atomic mass is 9.98. The summed E-state index contributed by atoms with van der Waals surface area (Å²) in [6.45, 7) is 18.1. The highest BCUT2D eigenvalue weighted by Crippen LogP contribution is 2.44. The Morgan fingerprint density at radius 3 is 2.14 bits per heavy atom. The van der Waals surface area contributed by atoms with Crippen LogP contribution in [0.25, 0.3) is 20.5 Å². The first-order valence-corrected chi connectivity index (χ1v) is 19.0. The highest BCUT2D eigenvalue weighted by molar-refractivity contribution is 7.22. The number of fused-ring (bicyclic) bond motifs is 1. The summed E-state index contributed by atoms with van der Waals surface area (Å²) < 4.78 is 20.2. The molecule has 3 aromatic carbocycles. The molecule has 0 bridgehead atoms. The maximum atomic E-state index is 6.97. The molecule has 6 heteroatoms. The SMILES string of the molecule is COc1cc(Cc2c(-c3ccc(O[Si](C(C)C)(C(C)C)C(C)C)cc3)sc3ccccc23)ccc1OCCN1CCCC1. The summed E-state index contributed by atoms with van der Waals surface area (Å²) >= 11 is 1.87. The number of likely N-dealkylation sites (tertiary alicyclic amines) is 1. The van der Waals surface area contributed by atoms with Crippen molar-refractivity contribution >= 4 is 29.7 Å². The Kier molecular flexibility index (Phi) is 10.2. The van der Waals surface area contributed by atoms with E-state index in [-0.39, 0.29) is 0 Å². The molecule has 0 atom stereocenters. The van der Waals surface area contributed by atoms with Crippen molar-refractivity contribution in [2.45, 2.75) is 77.4 Å². The summed E-state index contributed by atoms with van der Waals surface area (Å²) in [6.07, 6.45) is 3.42. The van der Waals surface area contributed by atoms with Gasteiger partial charge in [0, 0.05) is 16.1 Å². The van der Waals surface area contributed by atoms with Crippen molar-refractivity contribution in [3.8, 4) is 27.7 Å². The van der Waals surface area contributed by atoms with Gasteiger partial charge in [-0.05, 0) is 114 Å². The van der Waals surface area contributed by atoms with Crippen LogP contribution in [0.1, 0.15) is 65.5 Å². The van der Waals surface area contributed by atoms with Crippen LogP contribution >= 0.6 is 11.3 Å². The van der Waals surface area contributed by atoms with Gasteiger partial charge in [0.15, 0.2) is 11.5 Å². The highest BCUT2D eigenvalue weighted by atomic mass is 32.1. The molecule has 1 aliphatic rings. The number of methoxy groups -OCH3 is 1. The smallest absolute Gasteiger partial charge is 0.258 e. The molecular weight excluding hydrogens is 567 g/mol. The summed E-state index contributed by atoms with van der Waals surface area (Å²) in [4.78, 5) is 3.79. The fourth-order valence-electron chi connectivity index (χ4n) is 7.18. The Labute approximate surface area is 264 Å². The van der Waals surface area contributed by atoms with Gasteiger partial charge in [0.1, 0.15) is 12.4 Å². The molecule has 1 aliphatic heterocycles. The van der Waals surface area contributed by atoms with Crippen LogP contribution in [0.3, 0.4) is 0 Å².